The van der Waals surface area contributed by atoms with Crippen molar-refractivity contribution in [3.63, 3.8) is 0 Å². The Labute approximate surface area is 99.6 Å². The number of nitrogens with zero attached hydrogens (tertiary/aromatic N) is 1. The van der Waals surface area contributed by atoms with Crippen molar-refractivity contribution in [3.8, 4) is 5.75 Å². The summed E-state index contributed by atoms with van der Waals surface area (Å²) in [5.74, 6) is 0.187. The molecule has 0 aliphatic heterocycles. The molecule has 0 aromatic heterocycles. The summed E-state index contributed by atoms with van der Waals surface area (Å²) in [5, 5.41) is 0. The first-order chi connectivity index (χ1) is 5.64. The summed E-state index contributed by atoms with van der Waals surface area (Å²) in [6.07, 6.45) is 0. The molecule has 2 N–H and O–H groups in total. The van der Waals surface area contributed by atoms with E-state index in [-0.39, 0.29) is 36.7 Å². The molecule has 0 atom stereocenters. The van der Waals surface area contributed by atoms with Gasteiger partial charge < -0.3 is 5.61 Å². The normalized spacial score (nSPS) is 9.85. The van der Waals surface area contributed by atoms with E-state index in [1.807, 2.05) is 0 Å². The second kappa shape index (κ2) is 5.33. The fraction of sp³-hybridized carbons (Fsp3) is 0. The summed E-state index contributed by atoms with van der Waals surface area (Å²) < 4.78 is 28.3. The van der Waals surface area contributed by atoms with Gasteiger partial charge in [-0.05, 0) is 12.1 Å². The van der Waals surface area contributed by atoms with Crippen LogP contribution in [0.5, 0.6) is 5.75 Å². The Bertz CT molecular complexity index is 370. The molecular weight excluding hydrogens is 203 g/mol. The summed E-state index contributed by atoms with van der Waals surface area (Å²) in [4.78, 5) is 0. The molecule has 0 aliphatic rings. The van der Waals surface area contributed by atoms with Crippen molar-refractivity contribution in [2.45, 2.75) is 0 Å². The largest absolute Gasteiger partial charge is 1.00 e. The quantitative estimate of drug-likeness (QED) is 0.419. The van der Waals surface area contributed by atoms with E-state index >= 15 is 0 Å². The number of rotatable bonds is 3. The molecule has 0 spiro atoms. The Morgan fingerprint density at radius 2 is 1.85 bits per heavy atom. The van der Waals surface area contributed by atoms with Crippen LogP contribution >= 0.6 is 0 Å². The average Bonchev–Trinajstić information content (AvgIpc) is 2.06. The van der Waals surface area contributed by atoms with Crippen LogP contribution < -0.4 is 39.3 Å². The van der Waals surface area contributed by atoms with Gasteiger partial charge in [0.25, 0.3) is 0 Å². The molecule has 0 saturated heterocycles. The third-order valence-corrected chi connectivity index (χ3v) is 1.74. The van der Waals surface area contributed by atoms with Crippen LogP contribution in [0.25, 0.3) is 0 Å². The number of nitrogens with two attached hydrogens (primary N) is 1. The monoisotopic (exact) mass is 211 g/mol. The first kappa shape index (κ1) is 12.6. The SMILES string of the molecule is [H-].[NH2+]=NS(=O)(=O)Oc1ccccc1.[Na+]. The molecule has 1 rings (SSSR count). The zero-order valence-electron chi connectivity index (χ0n) is 8.04. The van der Waals surface area contributed by atoms with Crippen molar-refractivity contribution in [2.24, 2.45) is 4.52 Å². The van der Waals surface area contributed by atoms with Crippen molar-refractivity contribution in [2.75, 3.05) is 0 Å². The van der Waals surface area contributed by atoms with Crippen LogP contribution in [0, 0.1) is 0 Å². The van der Waals surface area contributed by atoms with Crippen molar-refractivity contribution in [3.05, 3.63) is 30.3 Å². The summed E-state index contributed by atoms with van der Waals surface area (Å²) >= 11 is 0. The Balaban J connectivity index is 0. The minimum atomic E-state index is -3.97. The molecule has 0 unspecified atom stereocenters. The predicted octanol–water partition coefficient (Wildman–Crippen LogP) is -3.36. The molecule has 0 heterocycles. The molecule has 13 heavy (non-hydrogen) atoms. The molecule has 66 valence electrons. The maximum absolute atomic E-state index is 10.7. The number of hydrogen-bond donors (Lipinski definition) is 1. The van der Waals surface area contributed by atoms with Crippen molar-refractivity contribution >= 4 is 10.3 Å². The van der Waals surface area contributed by atoms with Gasteiger partial charge in [0, 0.05) is 0 Å². The maximum Gasteiger partial charge on any atom is 1.00 e. The van der Waals surface area contributed by atoms with Crippen LogP contribution in [0.3, 0.4) is 0 Å². The molecule has 0 amide bonds. The fourth-order valence-corrected chi connectivity index (χ4v) is 1.02. The second-order valence-electron chi connectivity index (χ2n) is 1.93. The van der Waals surface area contributed by atoms with Crippen molar-refractivity contribution in [1.82, 2.24) is 0 Å². The topological polar surface area (TPSA) is 81.3 Å². The summed E-state index contributed by atoms with van der Waals surface area (Å²) in [5.41, 5.74) is 4.57. The van der Waals surface area contributed by atoms with Gasteiger partial charge in [-0.2, -0.15) is 8.42 Å². The van der Waals surface area contributed by atoms with E-state index in [9.17, 15) is 8.42 Å². The standard InChI is InChI=1S/C6H6N2O3S.Na.H/c7-8-12(9,10)11-6-4-2-1-3-5-6;;/h1-5,7H;;/q;+1;-1/p+1. The van der Waals surface area contributed by atoms with E-state index in [0.717, 1.165) is 0 Å². The minimum absolute atomic E-state index is 0. The molecule has 1 aromatic rings. The van der Waals surface area contributed by atoms with Crippen LogP contribution in [0.2, 0.25) is 0 Å². The predicted molar refractivity (Wildman–Crippen MR) is 41.5 cm³/mol. The van der Waals surface area contributed by atoms with E-state index in [4.69, 9.17) is 0 Å². The molecule has 1 aromatic carbocycles. The van der Waals surface area contributed by atoms with Gasteiger partial charge in [-0.1, -0.05) is 18.2 Å². The minimum Gasteiger partial charge on any atom is -1.00 e. The molecule has 0 saturated carbocycles. The molecule has 0 radical (unpaired) electrons. The van der Waals surface area contributed by atoms with Gasteiger partial charge in [0.15, 0.2) is 0 Å². The van der Waals surface area contributed by atoms with Crippen LogP contribution in [0.1, 0.15) is 1.43 Å². The third kappa shape index (κ3) is 4.37. The van der Waals surface area contributed by atoms with Gasteiger partial charge in [0.05, 0.1) is 0 Å². The number of hydrogen-bond acceptors (Lipinski definition) is 3. The number of para-hydroxylation sites is 1. The smallest absolute Gasteiger partial charge is 1.00 e. The van der Waals surface area contributed by atoms with E-state index in [1.54, 1.807) is 18.2 Å². The van der Waals surface area contributed by atoms with Crippen molar-refractivity contribution in [1.29, 1.82) is 0 Å². The van der Waals surface area contributed by atoms with Gasteiger partial charge in [-0.25, -0.2) is 0 Å². The molecule has 7 heteroatoms. The van der Waals surface area contributed by atoms with Gasteiger partial charge in [0.2, 0.25) is 0 Å². The first-order valence-corrected chi connectivity index (χ1v) is 4.42. The molecule has 0 aliphatic carbocycles. The third-order valence-electron chi connectivity index (χ3n) is 1.07. The summed E-state index contributed by atoms with van der Waals surface area (Å²) in [6.45, 7) is 0. The first-order valence-electron chi connectivity index (χ1n) is 3.06. The van der Waals surface area contributed by atoms with Crippen LogP contribution in [0.15, 0.2) is 34.9 Å². The van der Waals surface area contributed by atoms with Crippen LogP contribution in [-0.2, 0) is 10.3 Å². The van der Waals surface area contributed by atoms with E-state index in [0.29, 0.717) is 0 Å². The Kier molecular flexibility index (Phi) is 5.16. The van der Waals surface area contributed by atoms with Crippen LogP contribution in [0.4, 0.5) is 0 Å². The summed E-state index contributed by atoms with van der Waals surface area (Å²) in [7, 11) is -3.97. The Morgan fingerprint density at radius 1 is 1.31 bits per heavy atom. The van der Waals surface area contributed by atoms with Crippen molar-refractivity contribution < 1.29 is 49.1 Å². The average molecular weight is 211 g/mol. The molecule has 0 bridgehead atoms. The van der Waals surface area contributed by atoms with Crippen LogP contribution in [-0.4, -0.2) is 8.42 Å². The van der Waals surface area contributed by atoms with E-state index in [2.05, 4.69) is 14.2 Å². The maximum atomic E-state index is 10.7. The molecule has 0 fully saturated rings. The van der Waals surface area contributed by atoms with E-state index in [1.165, 1.54) is 12.1 Å². The van der Waals surface area contributed by atoms with Gasteiger partial charge in [-0.15, -0.1) is 5.53 Å². The van der Waals surface area contributed by atoms with Gasteiger partial charge >= 0.3 is 39.9 Å². The second-order valence-corrected chi connectivity index (χ2v) is 3.16. The number of benzene rings is 1. The summed E-state index contributed by atoms with van der Waals surface area (Å²) in [6, 6.07) is 7.99. The Morgan fingerprint density at radius 3 is 2.31 bits per heavy atom. The zero-order valence-corrected chi connectivity index (χ0v) is 9.86. The fourth-order valence-electron chi connectivity index (χ4n) is 0.619. The van der Waals surface area contributed by atoms with Gasteiger partial charge in [0.1, 0.15) is 10.3 Å². The van der Waals surface area contributed by atoms with E-state index < -0.39 is 10.3 Å². The molecule has 5 nitrogen and oxygen atoms in total. The molecular formula is C6H8N2NaO3S+. The van der Waals surface area contributed by atoms with Gasteiger partial charge in [-0.3, -0.25) is 0 Å². The Hall–Kier alpha value is -0.430. The zero-order chi connectivity index (χ0) is 9.03.